The van der Waals surface area contributed by atoms with Crippen LogP contribution in [-0.2, 0) is 23.7 Å². The number of halogens is 3. The molecule has 0 aromatic carbocycles. The van der Waals surface area contributed by atoms with Crippen LogP contribution >= 0.6 is 12.0 Å². The Balaban J connectivity index is 2.80. The molecule has 0 aliphatic heterocycles. The van der Waals surface area contributed by atoms with E-state index < -0.39 is 40.8 Å². The van der Waals surface area contributed by atoms with Crippen molar-refractivity contribution < 1.29 is 42.1 Å². The monoisotopic (exact) mass is 318 g/mol. The Morgan fingerprint density at radius 2 is 2.05 bits per heavy atom. The second-order valence-corrected chi connectivity index (χ2v) is 5.48. The molecule has 6 nitrogen and oxygen atoms in total. The molecule has 20 heavy (non-hydrogen) atoms. The number of hydrogen-bond acceptors (Lipinski definition) is 7. The van der Waals surface area contributed by atoms with E-state index in [1.807, 2.05) is 0 Å². The SMILES string of the molecule is CC(SOOO)(C(=O)OC1CCCCC1=O)C(F)(F)F. The molecular weight excluding hydrogens is 305 g/mol. The average Bonchev–Trinajstić information content (AvgIpc) is 2.37. The summed E-state index contributed by atoms with van der Waals surface area (Å²) in [6, 6.07) is 0. The topological polar surface area (TPSA) is 82.1 Å². The molecule has 1 aliphatic rings. The highest BCUT2D eigenvalue weighted by Gasteiger charge is 2.61. The van der Waals surface area contributed by atoms with E-state index in [1.54, 1.807) is 0 Å². The maximum atomic E-state index is 12.9. The fourth-order valence-electron chi connectivity index (χ4n) is 1.60. The Morgan fingerprint density at radius 3 is 2.55 bits per heavy atom. The van der Waals surface area contributed by atoms with Gasteiger partial charge < -0.3 is 4.74 Å². The van der Waals surface area contributed by atoms with Crippen LogP contribution in [0.4, 0.5) is 13.2 Å². The molecule has 1 rings (SSSR count). The van der Waals surface area contributed by atoms with Crippen molar-refractivity contribution in [1.82, 2.24) is 0 Å². The minimum absolute atomic E-state index is 0.171. The van der Waals surface area contributed by atoms with Crippen molar-refractivity contribution in [2.75, 3.05) is 0 Å². The molecule has 2 atom stereocenters. The normalized spacial score (nSPS) is 23.2. The first-order valence-electron chi connectivity index (χ1n) is 5.69. The van der Waals surface area contributed by atoms with Crippen LogP contribution in [0.25, 0.3) is 0 Å². The predicted octanol–water partition coefficient (Wildman–Crippen LogP) is 2.43. The fraction of sp³-hybridized carbons (Fsp3) is 0.800. The minimum Gasteiger partial charge on any atom is -0.453 e. The van der Waals surface area contributed by atoms with Gasteiger partial charge in [-0.15, -0.1) is 4.33 Å². The largest absolute Gasteiger partial charge is 0.453 e. The maximum Gasteiger partial charge on any atom is 0.415 e. The van der Waals surface area contributed by atoms with E-state index >= 15 is 0 Å². The first kappa shape index (κ1) is 17.2. The van der Waals surface area contributed by atoms with Crippen molar-refractivity contribution in [3.63, 3.8) is 0 Å². The maximum absolute atomic E-state index is 12.9. The zero-order chi connectivity index (χ0) is 15.4. The van der Waals surface area contributed by atoms with E-state index in [0.717, 1.165) is 0 Å². The van der Waals surface area contributed by atoms with Gasteiger partial charge in [0.2, 0.25) is 4.75 Å². The summed E-state index contributed by atoms with van der Waals surface area (Å²) in [6.45, 7) is 0.506. The summed E-state index contributed by atoms with van der Waals surface area (Å²) in [5, 5.41) is 11.0. The van der Waals surface area contributed by atoms with E-state index in [9.17, 15) is 22.8 Å². The van der Waals surface area contributed by atoms with Crippen molar-refractivity contribution in [3.05, 3.63) is 0 Å². The summed E-state index contributed by atoms with van der Waals surface area (Å²) in [7, 11) is 0. The van der Waals surface area contributed by atoms with Crippen LogP contribution < -0.4 is 0 Å². The molecular formula is C10H13F3O6S. The summed E-state index contributed by atoms with van der Waals surface area (Å²) >= 11 is -0.454. The van der Waals surface area contributed by atoms with Gasteiger partial charge in [-0.25, -0.2) is 5.26 Å². The van der Waals surface area contributed by atoms with Gasteiger partial charge >= 0.3 is 12.1 Å². The molecule has 0 saturated heterocycles. The van der Waals surface area contributed by atoms with Gasteiger partial charge in [-0.2, -0.15) is 13.2 Å². The van der Waals surface area contributed by atoms with Crippen LogP contribution in [0.3, 0.4) is 0 Å². The molecule has 0 spiro atoms. The van der Waals surface area contributed by atoms with Crippen LogP contribution in [-0.4, -0.2) is 34.0 Å². The van der Waals surface area contributed by atoms with Crippen LogP contribution in [0.2, 0.25) is 0 Å². The number of ether oxygens (including phenoxy) is 1. The first-order valence-corrected chi connectivity index (χ1v) is 6.43. The van der Waals surface area contributed by atoms with Gasteiger partial charge in [-0.3, -0.25) is 9.59 Å². The number of carbonyl (C=O) groups excluding carboxylic acids is 2. The van der Waals surface area contributed by atoms with Gasteiger partial charge in [-0.05, 0) is 26.2 Å². The molecule has 0 radical (unpaired) electrons. The van der Waals surface area contributed by atoms with Crippen LogP contribution in [0.5, 0.6) is 0 Å². The highest BCUT2D eigenvalue weighted by atomic mass is 32.2. The summed E-state index contributed by atoms with van der Waals surface area (Å²) in [4.78, 5) is 23.2. The number of esters is 1. The Morgan fingerprint density at radius 1 is 1.40 bits per heavy atom. The summed E-state index contributed by atoms with van der Waals surface area (Å²) in [5.41, 5.74) is 0. The third-order valence-electron chi connectivity index (χ3n) is 2.91. The van der Waals surface area contributed by atoms with Crippen molar-refractivity contribution in [2.45, 2.75) is 49.6 Å². The van der Waals surface area contributed by atoms with Crippen molar-refractivity contribution in [1.29, 1.82) is 0 Å². The molecule has 10 heteroatoms. The molecule has 0 amide bonds. The number of ketones is 1. The van der Waals surface area contributed by atoms with Crippen LogP contribution in [0.1, 0.15) is 32.6 Å². The molecule has 116 valence electrons. The first-order chi connectivity index (χ1) is 9.22. The second kappa shape index (κ2) is 6.74. The van der Waals surface area contributed by atoms with Gasteiger partial charge in [0.05, 0.1) is 12.0 Å². The Hall–Kier alpha value is -0.840. The fourth-order valence-corrected chi connectivity index (χ4v) is 1.97. The third-order valence-corrected chi connectivity index (χ3v) is 3.77. The zero-order valence-corrected chi connectivity index (χ0v) is 11.3. The standard InChI is InChI=1S/C10H13F3O6S/c1-9(10(11,12)13,20-19-18-16)8(15)17-7-5-3-2-4-6(7)14/h7,16H,2-5H2,1H3. The molecule has 1 aliphatic carbocycles. The van der Waals surface area contributed by atoms with Crippen LogP contribution in [0.15, 0.2) is 0 Å². The van der Waals surface area contributed by atoms with Crippen molar-refractivity contribution >= 4 is 23.8 Å². The van der Waals surface area contributed by atoms with Crippen molar-refractivity contribution in [3.8, 4) is 0 Å². The Kier molecular flexibility index (Phi) is 5.80. The number of hydrogen-bond donors (Lipinski definition) is 1. The molecule has 0 bridgehead atoms. The van der Waals surface area contributed by atoms with Gasteiger partial charge in [0.1, 0.15) is 0 Å². The lowest BCUT2D eigenvalue weighted by atomic mass is 9.96. The highest BCUT2D eigenvalue weighted by molar-refractivity contribution is 7.96. The van der Waals surface area contributed by atoms with Gasteiger partial charge in [0.25, 0.3) is 0 Å². The molecule has 0 aromatic rings. The second-order valence-electron chi connectivity index (χ2n) is 4.36. The van der Waals surface area contributed by atoms with E-state index in [0.29, 0.717) is 19.8 Å². The van der Waals surface area contributed by atoms with Crippen molar-refractivity contribution in [2.24, 2.45) is 0 Å². The lowest BCUT2D eigenvalue weighted by Gasteiger charge is -2.29. The summed E-state index contributed by atoms with van der Waals surface area (Å²) in [5.74, 6) is -2.08. The Bertz CT molecular complexity index is 374. The molecule has 1 saturated carbocycles. The predicted molar refractivity (Wildman–Crippen MR) is 60.2 cm³/mol. The summed E-state index contributed by atoms with van der Waals surface area (Å²) in [6.07, 6.45) is -4.61. The van der Waals surface area contributed by atoms with Crippen LogP contribution in [0, 0.1) is 0 Å². The lowest BCUT2D eigenvalue weighted by Crippen LogP contribution is -2.49. The van der Waals surface area contributed by atoms with E-state index in [2.05, 4.69) is 14.1 Å². The van der Waals surface area contributed by atoms with E-state index in [1.165, 1.54) is 0 Å². The zero-order valence-electron chi connectivity index (χ0n) is 10.4. The Labute approximate surface area is 116 Å². The van der Waals surface area contributed by atoms with Gasteiger partial charge in [0.15, 0.2) is 11.9 Å². The minimum atomic E-state index is -5.02. The average molecular weight is 318 g/mol. The van der Waals surface area contributed by atoms with Gasteiger partial charge in [0, 0.05) is 6.42 Å². The third kappa shape index (κ3) is 3.84. The smallest absolute Gasteiger partial charge is 0.415 e. The highest BCUT2D eigenvalue weighted by Crippen LogP contribution is 2.43. The molecule has 2 unspecified atom stereocenters. The molecule has 0 heterocycles. The molecule has 1 N–H and O–H groups in total. The summed E-state index contributed by atoms with van der Waals surface area (Å²) < 4.78 is 44.0. The van der Waals surface area contributed by atoms with E-state index in [-0.39, 0.29) is 12.8 Å². The molecule has 1 fully saturated rings. The number of carbonyl (C=O) groups is 2. The van der Waals surface area contributed by atoms with E-state index in [4.69, 9.17) is 5.26 Å². The number of Topliss-reactive ketones (excluding diaryl/α,β-unsaturated/α-hetero) is 1. The number of alkyl halides is 3. The number of rotatable bonds is 5. The quantitative estimate of drug-likeness (QED) is 0.361. The lowest BCUT2D eigenvalue weighted by molar-refractivity contribution is -0.433. The van der Waals surface area contributed by atoms with Gasteiger partial charge in [-0.1, -0.05) is 5.04 Å². The molecule has 0 aromatic heterocycles.